The molecule has 3 aromatic rings. The maximum absolute atomic E-state index is 13.6. The second-order valence-corrected chi connectivity index (χ2v) is 8.42. The Morgan fingerprint density at radius 2 is 1.68 bits per heavy atom. The number of benzene rings is 3. The van der Waals surface area contributed by atoms with Crippen molar-refractivity contribution in [2.24, 2.45) is 0 Å². The summed E-state index contributed by atoms with van der Waals surface area (Å²) in [6, 6.07) is 21.9. The summed E-state index contributed by atoms with van der Waals surface area (Å²) in [5.41, 5.74) is 1.27. The van der Waals surface area contributed by atoms with Gasteiger partial charge in [-0.15, -0.1) is 0 Å². The SMILES string of the molecule is O=C(NCC1CCCO1)C(=Cc1ccc(OCCOc2ccccc2F)cc1)NC(=O)c1ccccc1. The van der Waals surface area contributed by atoms with E-state index in [0.717, 1.165) is 12.8 Å². The van der Waals surface area contributed by atoms with Crippen molar-refractivity contribution in [3.8, 4) is 11.5 Å². The molecule has 7 nitrogen and oxygen atoms in total. The van der Waals surface area contributed by atoms with E-state index >= 15 is 0 Å². The van der Waals surface area contributed by atoms with E-state index in [1.54, 1.807) is 72.8 Å². The first-order chi connectivity index (χ1) is 18.1. The van der Waals surface area contributed by atoms with Crippen LogP contribution in [0, 0.1) is 5.82 Å². The first kappa shape index (κ1) is 25.9. The van der Waals surface area contributed by atoms with Crippen molar-refractivity contribution < 1.29 is 28.2 Å². The van der Waals surface area contributed by atoms with Crippen LogP contribution in [-0.4, -0.2) is 44.3 Å². The van der Waals surface area contributed by atoms with Gasteiger partial charge in [-0.05, 0) is 60.9 Å². The number of para-hydroxylation sites is 1. The van der Waals surface area contributed by atoms with E-state index in [2.05, 4.69) is 10.6 Å². The molecule has 192 valence electrons. The molecule has 0 aromatic heterocycles. The zero-order chi connectivity index (χ0) is 25.9. The third-order valence-corrected chi connectivity index (χ3v) is 5.68. The number of halogens is 1. The molecule has 0 saturated carbocycles. The molecule has 1 heterocycles. The highest BCUT2D eigenvalue weighted by atomic mass is 19.1. The van der Waals surface area contributed by atoms with Crippen LogP contribution < -0.4 is 20.1 Å². The summed E-state index contributed by atoms with van der Waals surface area (Å²) in [6.45, 7) is 1.48. The quantitative estimate of drug-likeness (QED) is 0.300. The van der Waals surface area contributed by atoms with E-state index in [1.807, 2.05) is 6.07 Å². The monoisotopic (exact) mass is 504 g/mol. The Bertz CT molecular complexity index is 1210. The lowest BCUT2D eigenvalue weighted by Crippen LogP contribution is -2.38. The first-order valence-corrected chi connectivity index (χ1v) is 12.2. The number of rotatable bonds is 11. The smallest absolute Gasteiger partial charge is 0.267 e. The van der Waals surface area contributed by atoms with Gasteiger partial charge >= 0.3 is 0 Å². The summed E-state index contributed by atoms with van der Waals surface area (Å²) >= 11 is 0. The average Bonchev–Trinajstić information content (AvgIpc) is 3.45. The zero-order valence-corrected chi connectivity index (χ0v) is 20.3. The molecule has 0 spiro atoms. The number of ether oxygens (including phenoxy) is 3. The molecule has 1 unspecified atom stereocenters. The van der Waals surface area contributed by atoms with Gasteiger partial charge in [-0.25, -0.2) is 4.39 Å². The number of nitrogens with one attached hydrogen (secondary N) is 2. The molecule has 2 amide bonds. The third-order valence-electron chi connectivity index (χ3n) is 5.68. The Labute approximate surface area is 215 Å². The highest BCUT2D eigenvalue weighted by molar-refractivity contribution is 6.05. The largest absolute Gasteiger partial charge is 0.490 e. The van der Waals surface area contributed by atoms with E-state index in [-0.39, 0.29) is 36.7 Å². The van der Waals surface area contributed by atoms with Crippen LogP contribution in [0.15, 0.2) is 84.6 Å². The fourth-order valence-electron chi connectivity index (χ4n) is 3.75. The predicted octanol–water partition coefficient (Wildman–Crippen LogP) is 4.35. The topological polar surface area (TPSA) is 85.9 Å². The molecular weight excluding hydrogens is 475 g/mol. The lowest BCUT2D eigenvalue weighted by molar-refractivity contribution is -0.118. The van der Waals surface area contributed by atoms with Crippen LogP contribution in [0.1, 0.15) is 28.8 Å². The van der Waals surface area contributed by atoms with Crippen LogP contribution in [0.4, 0.5) is 4.39 Å². The van der Waals surface area contributed by atoms with Gasteiger partial charge in [0.05, 0.1) is 6.10 Å². The molecule has 1 atom stereocenters. The standard InChI is InChI=1S/C29H29FN2O5/c30-25-10-4-5-11-27(25)37-18-17-36-23-14-12-21(13-15-23)19-26(29(34)31-20-24-9-6-16-35-24)32-28(33)22-7-2-1-3-8-22/h1-5,7-8,10-15,19,24H,6,9,16-18,20H2,(H,31,34)(H,32,33). The molecule has 0 radical (unpaired) electrons. The lowest BCUT2D eigenvalue weighted by atomic mass is 10.1. The van der Waals surface area contributed by atoms with Crippen LogP contribution in [0.25, 0.3) is 6.08 Å². The van der Waals surface area contributed by atoms with Crippen LogP contribution in [-0.2, 0) is 9.53 Å². The minimum atomic E-state index is -0.423. The molecule has 37 heavy (non-hydrogen) atoms. The molecule has 2 N–H and O–H groups in total. The van der Waals surface area contributed by atoms with Gasteiger partial charge in [0.2, 0.25) is 0 Å². The van der Waals surface area contributed by atoms with Crippen molar-refractivity contribution in [2.45, 2.75) is 18.9 Å². The van der Waals surface area contributed by atoms with Crippen molar-refractivity contribution in [3.05, 3.63) is 102 Å². The van der Waals surface area contributed by atoms with Gasteiger partial charge < -0.3 is 24.8 Å². The molecule has 8 heteroatoms. The van der Waals surface area contributed by atoms with E-state index in [4.69, 9.17) is 14.2 Å². The number of hydrogen-bond acceptors (Lipinski definition) is 5. The second kappa shape index (κ2) is 13.2. The normalized spacial score (nSPS) is 15.2. The van der Waals surface area contributed by atoms with Crippen molar-refractivity contribution in [2.75, 3.05) is 26.4 Å². The maximum Gasteiger partial charge on any atom is 0.267 e. The highest BCUT2D eigenvalue weighted by Gasteiger charge is 2.19. The third kappa shape index (κ3) is 7.91. The van der Waals surface area contributed by atoms with Crippen molar-refractivity contribution in [3.63, 3.8) is 0 Å². The molecule has 1 aliphatic heterocycles. The van der Waals surface area contributed by atoms with Crippen LogP contribution in [0.2, 0.25) is 0 Å². The minimum Gasteiger partial charge on any atom is -0.490 e. The van der Waals surface area contributed by atoms with Crippen LogP contribution in [0.5, 0.6) is 11.5 Å². The Hall–Kier alpha value is -4.17. The molecule has 1 fully saturated rings. The summed E-state index contributed by atoms with van der Waals surface area (Å²) in [5.74, 6) is -0.436. The van der Waals surface area contributed by atoms with Gasteiger partial charge in [0.1, 0.15) is 24.7 Å². The van der Waals surface area contributed by atoms with Crippen molar-refractivity contribution >= 4 is 17.9 Å². The maximum atomic E-state index is 13.6. The highest BCUT2D eigenvalue weighted by Crippen LogP contribution is 2.17. The molecule has 0 bridgehead atoms. The number of carbonyl (C=O) groups is 2. The van der Waals surface area contributed by atoms with Gasteiger partial charge in [0.15, 0.2) is 11.6 Å². The van der Waals surface area contributed by atoms with E-state index in [1.165, 1.54) is 6.07 Å². The Morgan fingerprint density at radius 1 is 0.946 bits per heavy atom. The van der Waals surface area contributed by atoms with E-state index < -0.39 is 11.7 Å². The van der Waals surface area contributed by atoms with Gasteiger partial charge in [-0.1, -0.05) is 42.5 Å². The summed E-state index contributed by atoms with van der Waals surface area (Å²) in [6.07, 6.45) is 3.45. The fraction of sp³-hybridized carbons (Fsp3) is 0.241. The molecule has 4 rings (SSSR count). The van der Waals surface area contributed by atoms with Gasteiger partial charge in [0.25, 0.3) is 11.8 Å². The summed E-state index contributed by atoms with van der Waals surface area (Å²) in [5, 5.41) is 5.58. The number of amides is 2. The van der Waals surface area contributed by atoms with Crippen LogP contribution >= 0.6 is 0 Å². The zero-order valence-electron chi connectivity index (χ0n) is 20.3. The number of carbonyl (C=O) groups excluding carboxylic acids is 2. The molecular formula is C29H29FN2O5. The van der Waals surface area contributed by atoms with E-state index in [9.17, 15) is 14.0 Å². The van der Waals surface area contributed by atoms with Crippen molar-refractivity contribution in [1.29, 1.82) is 0 Å². The summed E-state index contributed by atoms with van der Waals surface area (Å²) < 4.78 is 30.2. The number of hydrogen-bond donors (Lipinski definition) is 2. The summed E-state index contributed by atoms with van der Waals surface area (Å²) in [7, 11) is 0. The average molecular weight is 505 g/mol. The minimum absolute atomic E-state index is 0.0196. The lowest BCUT2D eigenvalue weighted by Gasteiger charge is -2.14. The Kier molecular flexibility index (Phi) is 9.26. The van der Waals surface area contributed by atoms with Crippen molar-refractivity contribution in [1.82, 2.24) is 10.6 Å². The molecule has 3 aromatic carbocycles. The van der Waals surface area contributed by atoms with Gasteiger partial charge in [-0.2, -0.15) is 0 Å². The first-order valence-electron chi connectivity index (χ1n) is 12.2. The Balaban J connectivity index is 1.37. The molecule has 1 saturated heterocycles. The second-order valence-electron chi connectivity index (χ2n) is 8.42. The Morgan fingerprint density at radius 3 is 2.41 bits per heavy atom. The summed E-state index contributed by atoms with van der Waals surface area (Å²) in [4.78, 5) is 25.7. The van der Waals surface area contributed by atoms with E-state index in [0.29, 0.717) is 30.0 Å². The van der Waals surface area contributed by atoms with Crippen LogP contribution in [0.3, 0.4) is 0 Å². The molecule has 1 aliphatic rings. The van der Waals surface area contributed by atoms with Gasteiger partial charge in [0, 0.05) is 18.7 Å². The van der Waals surface area contributed by atoms with Gasteiger partial charge in [-0.3, -0.25) is 9.59 Å². The predicted molar refractivity (Wildman–Crippen MR) is 138 cm³/mol. The molecule has 0 aliphatic carbocycles. The fourth-order valence-corrected chi connectivity index (χ4v) is 3.75.